The zero-order valence-electron chi connectivity index (χ0n) is 11.0. The number of carbonyl (C=O) groups is 1. The smallest absolute Gasteiger partial charge is 0.255 e. The summed E-state index contributed by atoms with van der Waals surface area (Å²) < 4.78 is 5.34. The molecule has 1 aromatic heterocycles. The van der Waals surface area contributed by atoms with Crippen molar-refractivity contribution in [1.82, 2.24) is 4.98 Å². The second-order valence-corrected chi connectivity index (χ2v) is 3.94. The lowest BCUT2D eigenvalue weighted by Gasteiger charge is -2.10. The molecule has 20 heavy (non-hydrogen) atoms. The number of hydrogen-bond donors (Lipinski definition) is 1. The van der Waals surface area contributed by atoms with Gasteiger partial charge in [-0.25, -0.2) is 4.98 Å². The van der Waals surface area contributed by atoms with Gasteiger partial charge in [0.1, 0.15) is 5.69 Å². The second-order valence-electron chi connectivity index (χ2n) is 3.94. The van der Waals surface area contributed by atoms with E-state index < -0.39 is 0 Å². The summed E-state index contributed by atoms with van der Waals surface area (Å²) in [7, 11) is 0. The van der Waals surface area contributed by atoms with E-state index in [1.165, 1.54) is 6.07 Å². The Morgan fingerprint density at radius 1 is 1.40 bits per heavy atom. The molecule has 1 aromatic carbocycles. The van der Waals surface area contributed by atoms with Crippen LogP contribution in [-0.4, -0.2) is 17.5 Å². The fraction of sp³-hybridized carbons (Fsp3) is 0.133. The van der Waals surface area contributed by atoms with Crippen molar-refractivity contribution >= 4 is 11.6 Å². The Kier molecular flexibility index (Phi) is 4.30. The van der Waals surface area contributed by atoms with Gasteiger partial charge in [-0.05, 0) is 37.3 Å². The van der Waals surface area contributed by atoms with Crippen molar-refractivity contribution in [2.75, 3.05) is 11.9 Å². The first-order valence-electron chi connectivity index (χ1n) is 6.14. The normalized spacial score (nSPS) is 9.60. The molecule has 1 heterocycles. The maximum absolute atomic E-state index is 12.1. The third-order valence-corrected chi connectivity index (χ3v) is 2.55. The van der Waals surface area contributed by atoms with Gasteiger partial charge in [0.2, 0.25) is 5.88 Å². The molecule has 100 valence electrons. The zero-order valence-corrected chi connectivity index (χ0v) is 11.0. The van der Waals surface area contributed by atoms with Crippen molar-refractivity contribution in [3.63, 3.8) is 0 Å². The van der Waals surface area contributed by atoms with Crippen LogP contribution < -0.4 is 10.1 Å². The molecule has 1 amide bonds. The van der Waals surface area contributed by atoms with Crippen LogP contribution in [0.3, 0.4) is 0 Å². The van der Waals surface area contributed by atoms with E-state index in [-0.39, 0.29) is 5.91 Å². The summed E-state index contributed by atoms with van der Waals surface area (Å²) in [6.07, 6.45) is 1.59. The van der Waals surface area contributed by atoms with Crippen LogP contribution in [0.4, 0.5) is 5.69 Å². The van der Waals surface area contributed by atoms with Crippen LogP contribution in [0.15, 0.2) is 42.6 Å². The number of rotatable bonds is 4. The summed E-state index contributed by atoms with van der Waals surface area (Å²) in [4.78, 5) is 16.2. The molecule has 1 N–H and O–H groups in total. The molecule has 0 radical (unpaired) electrons. The summed E-state index contributed by atoms with van der Waals surface area (Å²) in [5.74, 6) is 0.0656. The molecule has 5 heteroatoms. The van der Waals surface area contributed by atoms with Crippen molar-refractivity contribution in [3.05, 3.63) is 53.7 Å². The average Bonchev–Trinajstić information content (AvgIpc) is 2.49. The number of amides is 1. The minimum Gasteiger partial charge on any atom is -0.476 e. The van der Waals surface area contributed by atoms with Crippen LogP contribution in [-0.2, 0) is 0 Å². The van der Waals surface area contributed by atoms with Gasteiger partial charge in [-0.3, -0.25) is 4.79 Å². The highest BCUT2D eigenvalue weighted by Gasteiger charge is 2.10. The van der Waals surface area contributed by atoms with Crippen molar-refractivity contribution < 1.29 is 9.53 Å². The first kappa shape index (κ1) is 13.6. The lowest BCUT2D eigenvalue weighted by Crippen LogP contribution is -2.13. The first-order chi connectivity index (χ1) is 9.74. The van der Waals surface area contributed by atoms with Crippen LogP contribution >= 0.6 is 0 Å². The van der Waals surface area contributed by atoms with Gasteiger partial charge in [-0.2, -0.15) is 5.26 Å². The van der Waals surface area contributed by atoms with E-state index >= 15 is 0 Å². The SMILES string of the molecule is CCOc1ncccc1NC(=O)c1cccc(C#N)c1. The van der Waals surface area contributed by atoms with Crippen molar-refractivity contribution in [3.8, 4) is 11.9 Å². The van der Waals surface area contributed by atoms with Gasteiger partial charge in [0.15, 0.2) is 0 Å². The van der Waals surface area contributed by atoms with Gasteiger partial charge in [0, 0.05) is 11.8 Å². The topological polar surface area (TPSA) is 75.0 Å². The predicted octanol–water partition coefficient (Wildman–Crippen LogP) is 2.60. The average molecular weight is 267 g/mol. The lowest BCUT2D eigenvalue weighted by molar-refractivity contribution is 0.102. The number of nitrogens with zero attached hydrogens (tertiary/aromatic N) is 2. The fourth-order valence-electron chi connectivity index (χ4n) is 1.66. The summed E-state index contributed by atoms with van der Waals surface area (Å²) in [5, 5.41) is 11.6. The molecule has 2 rings (SSSR count). The van der Waals surface area contributed by atoms with Gasteiger partial charge in [0.05, 0.1) is 18.2 Å². The first-order valence-corrected chi connectivity index (χ1v) is 6.14. The molecule has 0 aliphatic heterocycles. The third kappa shape index (κ3) is 3.12. The van der Waals surface area contributed by atoms with Crippen LogP contribution in [0.5, 0.6) is 5.88 Å². The largest absolute Gasteiger partial charge is 0.476 e. The number of benzene rings is 1. The molecule has 0 fully saturated rings. The summed E-state index contributed by atoms with van der Waals surface area (Å²) in [6, 6.07) is 11.9. The minimum atomic E-state index is -0.309. The Bertz CT molecular complexity index is 662. The predicted molar refractivity (Wildman–Crippen MR) is 74.5 cm³/mol. The molecular formula is C15H13N3O2. The van der Waals surface area contributed by atoms with Gasteiger partial charge >= 0.3 is 0 Å². The Balaban J connectivity index is 2.21. The standard InChI is InChI=1S/C15H13N3O2/c1-2-20-15-13(7-4-8-17-15)18-14(19)12-6-3-5-11(9-12)10-16/h3-9H,2H2,1H3,(H,18,19). The monoisotopic (exact) mass is 267 g/mol. The number of anilines is 1. The van der Waals surface area contributed by atoms with Crippen LogP contribution in [0.2, 0.25) is 0 Å². The van der Waals surface area contributed by atoms with Crippen molar-refractivity contribution in [1.29, 1.82) is 5.26 Å². The van der Waals surface area contributed by atoms with Crippen LogP contribution in [0, 0.1) is 11.3 Å². The van der Waals surface area contributed by atoms with E-state index in [9.17, 15) is 4.79 Å². The van der Waals surface area contributed by atoms with E-state index in [0.717, 1.165) is 0 Å². The van der Waals surface area contributed by atoms with Crippen LogP contribution in [0.1, 0.15) is 22.8 Å². The van der Waals surface area contributed by atoms with Gasteiger partial charge < -0.3 is 10.1 Å². The van der Waals surface area contributed by atoms with E-state index in [2.05, 4.69) is 10.3 Å². The van der Waals surface area contributed by atoms with Crippen molar-refractivity contribution in [2.24, 2.45) is 0 Å². The molecule has 0 aliphatic rings. The van der Waals surface area contributed by atoms with E-state index in [1.807, 2.05) is 13.0 Å². The Hall–Kier alpha value is -2.87. The summed E-state index contributed by atoms with van der Waals surface area (Å²) >= 11 is 0. The molecule has 0 saturated carbocycles. The number of hydrogen-bond acceptors (Lipinski definition) is 4. The zero-order chi connectivity index (χ0) is 14.4. The van der Waals surface area contributed by atoms with E-state index in [4.69, 9.17) is 10.00 Å². The molecule has 5 nitrogen and oxygen atoms in total. The number of nitriles is 1. The molecule has 0 aliphatic carbocycles. The Labute approximate surface area is 116 Å². The Morgan fingerprint density at radius 3 is 3.00 bits per heavy atom. The number of pyridine rings is 1. The maximum atomic E-state index is 12.1. The molecule has 0 saturated heterocycles. The van der Waals surface area contributed by atoms with Gasteiger partial charge in [0.25, 0.3) is 5.91 Å². The second kappa shape index (κ2) is 6.34. The van der Waals surface area contributed by atoms with Crippen molar-refractivity contribution in [2.45, 2.75) is 6.92 Å². The lowest BCUT2D eigenvalue weighted by atomic mass is 10.1. The number of ether oxygens (including phenoxy) is 1. The Morgan fingerprint density at radius 2 is 2.25 bits per heavy atom. The van der Waals surface area contributed by atoms with Gasteiger partial charge in [-0.1, -0.05) is 6.07 Å². The highest BCUT2D eigenvalue weighted by atomic mass is 16.5. The van der Waals surface area contributed by atoms with E-state index in [1.54, 1.807) is 36.5 Å². The van der Waals surface area contributed by atoms with Crippen LogP contribution in [0.25, 0.3) is 0 Å². The minimum absolute atomic E-state index is 0.309. The summed E-state index contributed by atoms with van der Waals surface area (Å²) in [6.45, 7) is 2.31. The maximum Gasteiger partial charge on any atom is 0.255 e. The van der Waals surface area contributed by atoms with Gasteiger partial charge in [-0.15, -0.1) is 0 Å². The highest BCUT2D eigenvalue weighted by Crippen LogP contribution is 2.21. The molecular weight excluding hydrogens is 254 g/mol. The fourth-order valence-corrected chi connectivity index (χ4v) is 1.66. The number of nitrogens with one attached hydrogen (secondary N) is 1. The number of aromatic nitrogens is 1. The molecule has 0 unspecified atom stereocenters. The molecule has 0 spiro atoms. The molecule has 0 bridgehead atoms. The highest BCUT2D eigenvalue weighted by molar-refractivity contribution is 6.05. The summed E-state index contributed by atoms with van der Waals surface area (Å²) in [5.41, 5.74) is 1.35. The quantitative estimate of drug-likeness (QED) is 0.923. The molecule has 0 atom stereocenters. The molecule has 2 aromatic rings. The van der Waals surface area contributed by atoms with E-state index in [0.29, 0.717) is 29.3 Å². The third-order valence-electron chi connectivity index (χ3n) is 2.55. The number of carbonyl (C=O) groups excluding carboxylic acids is 1.